The number of aryl methyl sites for hydroxylation is 2. The van der Waals surface area contributed by atoms with Gasteiger partial charge in [-0.2, -0.15) is 5.10 Å². The Morgan fingerprint density at radius 2 is 1.61 bits per heavy atom. The summed E-state index contributed by atoms with van der Waals surface area (Å²) < 4.78 is 17.8. The second kappa shape index (κ2) is 8.04. The average molecular weight is 381 g/mol. The molecular weight excluding hydrogens is 358 g/mol. The van der Waals surface area contributed by atoms with E-state index in [1.807, 2.05) is 44.2 Å². The Bertz CT molecular complexity index is 986. The molecule has 1 N–H and O–H groups in total. The molecular formula is C21H23N3O4. The van der Waals surface area contributed by atoms with E-state index in [4.69, 9.17) is 14.2 Å². The Morgan fingerprint density at radius 1 is 0.964 bits per heavy atom. The van der Waals surface area contributed by atoms with Gasteiger partial charge in [0.05, 0.1) is 38.4 Å². The van der Waals surface area contributed by atoms with Gasteiger partial charge in [0.2, 0.25) is 5.75 Å². The van der Waals surface area contributed by atoms with Crippen LogP contribution in [0, 0.1) is 13.8 Å². The van der Waals surface area contributed by atoms with E-state index in [1.165, 1.54) is 21.3 Å². The summed E-state index contributed by atoms with van der Waals surface area (Å²) in [4.78, 5) is 12.9. The largest absolute Gasteiger partial charge is 0.493 e. The first kappa shape index (κ1) is 19.3. The van der Waals surface area contributed by atoms with Crippen LogP contribution in [0.4, 0.5) is 5.69 Å². The number of nitrogens with zero attached hydrogens (tertiary/aromatic N) is 2. The molecule has 3 aromatic rings. The summed E-state index contributed by atoms with van der Waals surface area (Å²) in [6, 6.07) is 12.7. The van der Waals surface area contributed by atoms with Crippen LogP contribution >= 0.6 is 0 Å². The van der Waals surface area contributed by atoms with Crippen LogP contribution in [-0.4, -0.2) is 37.0 Å². The highest BCUT2D eigenvalue weighted by Gasteiger charge is 2.18. The van der Waals surface area contributed by atoms with Gasteiger partial charge in [-0.05, 0) is 44.2 Å². The van der Waals surface area contributed by atoms with Crippen molar-refractivity contribution in [2.24, 2.45) is 0 Å². The number of anilines is 1. The maximum Gasteiger partial charge on any atom is 0.255 e. The van der Waals surface area contributed by atoms with Crippen LogP contribution in [0.1, 0.15) is 21.7 Å². The number of hydrogen-bond donors (Lipinski definition) is 1. The molecule has 0 atom stereocenters. The molecule has 1 aromatic heterocycles. The number of nitrogens with one attached hydrogen (secondary N) is 1. The topological polar surface area (TPSA) is 74.6 Å². The van der Waals surface area contributed by atoms with Crippen molar-refractivity contribution in [2.75, 3.05) is 26.6 Å². The molecule has 0 aliphatic heterocycles. The molecule has 0 saturated carbocycles. The smallest absolute Gasteiger partial charge is 0.255 e. The number of ether oxygens (including phenoxy) is 3. The van der Waals surface area contributed by atoms with Crippen molar-refractivity contribution in [3.05, 3.63) is 59.4 Å². The van der Waals surface area contributed by atoms with Crippen LogP contribution < -0.4 is 19.5 Å². The molecule has 0 aliphatic carbocycles. The quantitative estimate of drug-likeness (QED) is 0.704. The molecule has 0 unspecified atom stereocenters. The summed E-state index contributed by atoms with van der Waals surface area (Å²) in [5.74, 6) is 0.968. The number of aromatic nitrogens is 2. The zero-order valence-electron chi connectivity index (χ0n) is 16.6. The fraction of sp³-hybridized carbons (Fsp3) is 0.238. The molecule has 146 valence electrons. The number of benzene rings is 2. The number of para-hydroxylation sites is 2. The second-order valence-corrected chi connectivity index (χ2v) is 6.22. The fourth-order valence-electron chi connectivity index (χ4n) is 3.04. The summed E-state index contributed by atoms with van der Waals surface area (Å²) in [5.41, 5.74) is 3.70. The van der Waals surface area contributed by atoms with E-state index in [1.54, 1.807) is 16.8 Å². The monoisotopic (exact) mass is 381 g/mol. The lowest BCUT2D eigenvalue weighted by Crippen LogP contribution is -2.15. The molecule has 28 heavy (non-hydrogen) atoms. The van der Waals surface area contributed by atoms with Crippen LogP contribution in [0.3, 0.4) is 0 Å². The minimum atomic E-state index is -0.298. The van der Waals surface area contributed by atoms with Gasteiger partial charge >= 0.3 is 0 Å². The predicted molar refractivity (Wildman–Crippen MR) is 107 cm³/mol. The van der Waals surface area contributed by atoms with E-state index in [-0.39, 0.29) is 5.91 Å². The highest BCUT2D eigenvalue weighted by Crippen LogP contribution is 2.38. The van der Waals surface area contributed by atoms with Gasteiger partial charge in [-0.1, -0.05) is 12.1 Å². The number of carbonyl (C=O) groups excluding carboxylic acids is 1. The van der Waals surface area contributed by atoms with Crippen LogP contribution in [0.2, 0.25) is 0 Å². The lowest BCUT2D eigenvalue weighted by molar-refractivity contribution is 0.102. The van der Waals surface area contributed by atoms with Crippen molar-refractivity contribution >= 4 is 11.6 Å². The molecule has 0 radical (unpaired) electrons. The van der Waals surface area contributed by atoms with E-state index in [0.717, 1.165) is 17.1 Å². The fourth-order valence-corrected chi connectivity index (χ4v) is 3.04. The highest BCUT2D eigenvalue weighted by atomic mass is 16.5. The van der Waals surface area contributed by atoms with Crippen molar-refractivity contribution in [1.29, 1.82) is 0 Å². The molecule has 7 nitrogen and oxygen atoms in total. The minimum absolute atomic E-state index is 0.298. The normalized spacial score (nSPS) is 10.5. The number of rotatable bonds is 6. The van der Waals surface area contributed by atoms with Crippen molar-refractivity contribution < 1.29 is 19.0 Å². The van der Waals surface area contributed by atoms with Crippen LogP contribution in [0.5, 0.6) is 17.2 Å². The van der Waals surface area contributed by atoms with Gasteiger partial charge in [-0.3, -0.25) is 4.79 Å². The number of methoxy groups -OCH3 is 3. The Labute approximate surface area is 163 Å². The first-order valence-electron chi connectivity index (χ1n) is 8.72. The van der Waals surface area contributed by atoms with Gasteiger partial charge in [0.1, 0.15) is 0 Å². The second-order valence-electron chi connectivity index (χ2n) is 6.22. The van der Waals surface area contributed by atoms with Crippen molar-refractivity contribution in [2.45, 2.75) is 13.8 Å². The first-order chi connectivity index (χ1) is 13.5. The summed E-state index contributed by atoms with van der Waals surface area (Å²) in [6.45, 7) is 3.90. The SMILES string of the molecule is COc1cc(C(=O)Nc2ccccc2-n2nc(C)cc2C)cc(OC)c1OC. The molecule has 7 heteroatoms. The molecule has 3 rings (SSSR count). The van der Waals surface area contributed by atoms with E-state index in [9.17, 15) is 4.79 Å². The highest BCUT2D eigenvalue weighted by molar-refractivity contribution is 6.06. The molecule has 0 fully saturated rings. The molecule has 0 aliphatic rings. The molecule has 1 heterocycles. The molecule has 2 aromatic carbocycles. The van der Waals surface area contributed by atoms with Crippen molar-refractivity contribution in [3.8, 4) is 22.9 Å². The summed E-state index contributed by atoms with van der Waals surface area (Å²) >= 11 is 0. The average Bonchev–Trinajstić information content (AvgIpc) is 3.04. The van der Waals surface area contributed by atoms with Crippen molar-refractivity contribution in [1.82, 2.24) is 9.78 Å². The lowest BCUT2D eigenvalue weighted by Gasteiger charge is -2.15. The third kappa shape index (κ3) is 3.64. The van der Waals surface area contributed by atoms with Gasteiger partial charge in [0, 0.05) is 11.3 Å². The van der Waals surface area contributed by atoms with Crippen molar-refractivity contribution in [3.63, 3.8) is 0 Å². The van der Waals surface area contributed by atoms with E-state index < -0.39 is 0 Å². The zero-order valence-corrected chi connectivity index (χ0v) is 16.6. The first-order valence-corrected chi connectivity index (χ1v) is 8.72. The van der Waals surface area contributed by atoms with Gasteiger partial charge in [0.15, 0.2) is 11.5 Å². The van der Waals surface area contributed by atoms with E-state index in [2.05, 4.69) is 10.4 Å². The molecule has 0 bridgehead atoms. The Morgan fingerprint density at radius 3 is 2.14 bits per heavy atom. The third-order valence-corrected chi connectivity index (χ3v) is 4.32. The maximum absolute atomic E-state index is 12.9. The summed E-state index contributed by atoms with van der Waals surface area (Å²) in [5, 5.41) is 7.46. The van der Waals surface area contributed by atoms with E-state index >= 15 is 0 Å². The lowest BCUT2D eigenvalue weighted by atomic mass is 10.1. The molecule has 1 amide bonds. The zero-order chi connectivity index (χ0) is 20.3. The Hall–Kier alpha value is -3.48. The van der Waals surface area contributed by atoms with E-state index in [0.29, 0.717) is 28.5 Å². The van der Waals surface area contributed by atoms with Crippen LogP contribution in [0.25, 0.3) is 5.69 Å². The van der Waals surface area contributed by atoms with Gasteiger partial charge in [-0.25, -0.2) is 4.68 Å². The van der Waals surface area contributed by atoms with Gasteiger partial charge in [0.25, 0.3) is 5.91 Å². The number of hydrogen-bond acceptors (Lipinski definition) is 5. The minimum Gasteiger partial charge on any atom is -0.493 e. The van der Waals surface area contributed by atoms with Crippen LogP contribution in [-0.2, 0) is 0 Å². The van der Waals surface area contributed by atoms with Gasteiger partial charge in [-0.15, -0.1) is 0 Å². The molecule has 0 saturated heterocycles. The molecule has 0 spiro atoms. The predicted octanol–water partition coefficient (Wildman–Crippen LogP) is 3.77. The van der Waals surface area contributed by atoms with Crippen LogP contribution in [0.15, 0.2) is 42.5 Å². The number of amides is 1. The Balaban J connectivity index is 1.98. The third-order valence-electron chi connectivity index (χ3n) is 4.32. The standard InChI is InChI=1S/C21H23N3O4/c1-13-10-14(2)24(23-13)17-9-7-6-8-16(17)22-21(25)15-11-18(26-3)20(28-5)19(12-15)27-4/h6-12H,1-5H3,(H,22,25). The summed E-state index contributed by atoms with van der Waals surface area (Å²) in [6.07, 6.45) is 0. The number of carbonyl (C=O) groups is 1. The summed E-state index contributed by atoms with van der Waals surface area (Å²) in [7, 11) is 4.54. The van der Waals surface area contributed by atoms with Gasteiger partial charge < -0.3 is 19.5 Å². The maximum atomic E-state index is 12.9. The Kier molecular flexibility index (Phi) is 5.54.